The predicted octanol–water partition coefficient (Wildman–Crippen LogP) is 6.31. The minimum Gasteiger partial charge on any atom is -0.423 e. The Kier molecular flexibility index (Phi) is 9.62. The van der Waals surface area contributed by atoms with E-state index in [0.29, 0.717) is 29.5 Å². The third kappa shape index (κ3) is 7.48. The molecule has 5 heteroatoms. The second-order valence-corrected chi connectivity index (χ2v) is 7.58. The molecule has 1 aromatic carbocycles. The molecular formula is C24H35N3O2. The number of nitrogens with zero attached hydrogens (tertiary/aromatic N) is 2. The van der Waals surface area contributed by atoms with Crippen LogP contribution in [-0.4, -0.2) is 15.9 Å². The summed E-state index contributed by atoms with van der Waals surface area (Å²) in [4.78, 5) is 21.2. The molecule has 2 rings (SSSR count). The molecule has 0 bridgehead atoms. The first-order chi connectivity index (χ1) is 14.0. The minimum atomic E-state index is -0.212. The molecule has 1 unspecified atom stereocenters. The Morgan fingerprint density at radius 2 is 1.59 bits per heavy atom. The van der Waals surface area contributed by atoms with Crippen LogP contribution in [0.15, 0.2) is 30.3 Å². The molecule has 158 valence electrons. The number of aryl methyl sites for hydroxylation is 2. The number of hydrogen-bond donors (Lipinski definition) is 1. The van der Waals surface area contributed by atoms with E-state index in [-0.39, 0.29) is 12.0 Å². The number of anilines is 1. The van der Waals surface area contributed by atoms with E-state index in [2.05, 4.69) is 53.4 Å². The summed E-state index contributed by atoms with van der Waals surface area (Å²) >= 11 is 0. The van der Waals surface area contributed by atoms with Crippen molar-refractivity contribution in [3.63, 3.8) is 0 Å². The quantitative estimate of drug-likeness (QED) is 0.336. The van der Waals surface area contributed by atoms with Gasteiger partial charge in [-0.3, -0.25) is 4.79 Å². The van der Waals surface area contributed by atoms with Gasteiger partial charge < -0.3 is 10.1 Å². The van der Waals surface area contributed by atoms with Crippen LogP contribution in [-0.2, 0) is 4.79 Å². The summed E-state index contributed by atoms with van der Waals surface area (Å²) in [6, 6.07) is 10.6. The number of hydrogen-bond acceptors (Lipinski definition) is 5. The van der Waals surface area contributed by atoms with Crippen LogP contribution in [0, 0.1) is 13.8 Å². The monoisotopic (exact) mass is 397 g/mol. The molecule has 2 aromatic rings. The molecule has 0 amide bonds. The van der Waals surface area contributed by atoms with Crippen molar-refractivity contribution in [2.24, 2.45) is 0 Å². The molecule has 29 heavy (non-hydrogen) atoms. The average Bonchev–Trinajstić information content (AvgIpc) is 2.71. The van der Waals surface area contributed by atoms with Gasteiger partial charge in [-0.05, 0) is 32.3 Å². The van der Waals surface area contributed by atoms with Crippen molar-refractivity contribution in [1.82, 2.24) is 9.97 Å². The molecule has 0 spiro atoms. The summed E-state index contributed by atoms with van der Waals surface area (Å²) in [5.41, 5.74) is 2.60. The van der Waals surface area contributed by atoms with Crippen LogP contribution in [0.3, 0.4) is 0 Å². The highest BCUT2D eigenvalue weighted by Gasteiger charge is 2.17. The highest BCUT2D eigenvalue weighted by molar-refractivity contribution is 5.72. The number of benzene rings is 1. The number of carbonyl (C=O) groups excluding carboxylic acids is 1. The maximum Gasteiger partial charge on any atom is 0.311 e. The van der Waals surface area contributed by atoms with E-state index in [1.165, 1.54) is 18.4 Å². The van der Waals surface area contributed by atoms with E-state index in [9.17, 15) is 4.79 Å². The summed E-state index contributed by atoms with van der Waals surface area (Å²) in [5, 5.41) is 3.50. The fourth-order valence-electron chi connectivity index (χ4n) is 3.36. The molecule has 1 heterocycles. The van der Waals surface area contributed by atoms with Crippen molar-refractivity contribution < 1.29 is 9.53 Å². The molecular weight excluding hydrogens is 362 g/mol. The van der Waals surface area contributed by atoms with Crippen LogP contribution in [0.2, 0.25) is 0 Å². The number of carbonyl (C=O) groups is 1. The maximum absolute atomic E-state index is 12.1. The summed E-state index contributed by atoms with van der Waals surface area (Å²) in [5.74, 6) is 0.853. The Balaban J connectivity index is 2.11. The summed E-state index contributed by atoms with van der Waals surface area (Å²) in [6.45, 7) is 8.06. The lowest BCUT2D eigenvalue weighted by Gasteiger charge is -2.20. The lowest BCUT2D eigenvalue weighted by Crippen LogP contribution is -2.16. The van der Waals surface area contributed by atoms with Gasteiger partial charge in [0.2, 0.25) is 5.95 Å². The number of esters is 1. The SMILES string of the molecule is CCCCCC(=O)Oc1c(C)nc(NC(CCCCC)c2ccccc2)nc1C. The van der Waals surface area contributed by atoms with E-state index in [1.54, 1.807) is 0 Å². The van der Waals surface area contributed by atoms with Crippen LogP contribution < -0.4 is 10.1 Å². The number of ether oxygens (including phenoxy) is 1. The minimum absolute atomic E-state index is 0.156. The van der Waals surface area contributed by atoms with E-state index < -0.39 is 0 Å². The Morgan fingerprint density at radius 3 is 2.21 bits per heavy atom. The highest BCUT2D eigenvalue weighted by atomic mass is 16.5. The van der Waals surface area contributed by atoms with Gasteiger partial charge in [-0.1, -0.05) is 76.3 Å². The lowest BCUT2D eigenvalue weighted by molar-refractivity contribution is -0.134. The van der Waals surface area contributed by atoms with Crippen molar-refractivity contribution >= 4 is 11.9 Å². The van der Waals surface area contributed by atoms with E-state index in [1.807, 2.05) is 19.9 Å². The number of aromatic nitrogens is 2. The van der Waals surface area contributed by atoms with Gasteiger partial charge in [-0.2, -0.15) is 0 Å². The van der Waals surface area contributed by atoms with Gasteiger partial charge >= 0.3 is 5.97 Å². The van der Waals surface area contributed by atoms with Gasteiger partial charge in [-0.15, -0.1) is 0 Å². The van der Waals surface area contributed by atoms with Gasteiger partial charge in [0.1, 0.15) is 0 Å². The molecule has 1 N–H and O–H groups in total. The van der Waals surface area contributed by atoms with E-state index in [0.717, 1.165) is 32.1 Å². The second kappa shape index (κ2) is 12.2. The van der Waals surface area contributed by atoms with Gasteiger partial charge in [0, 0.05) is 6.42 Å². The van der Waals surface area contributed by atoms with Crippen LogP contribution in [0.4, 0.5) is 5.95 Å². The zero-order valence-corrected chi connectivity index (χ0v) is 18.3. The highest BCUT2D eigenvalue weighted by Crippen LogP contribution is 2.27. The number of nitrogens with one attached hydrogen (secondary N) is 1. The summed E-state index contributed by atoms with van der Waals surface area (Å²) in [7, 11) is 0. The topological polar surface area (TPSA) is 64.1 Å². The van der Waals surface area contributed by atoms with Crippen molar-refractivity contribution in [2.75, 3.05) is 5.32 Å². The molecule has 5 nitrogen and oxygen atoms in total. The van der Waals surface area contributed by atoms with E-state index in [4.69, 9.17) is 4.74 Å². The average molecular weight is 398 g/mol. The van der Waals surface area contributed by atoms with Gasteiger partial charge in [0.05, 0.1) is 17.4 Å². The largest absolute Gasteiger partial charge is 0.423 e. The van der Waals surface area contributed by atoms with Gasteiger partial charge in [0.25, 0.3) is 0 Å². The molecule has 0 aliphatic heterocycles. The fraction of sp³-hybridized carbons (Fsp3) is 0.542. The van der Waals surface area contributed by atoms with Crippen molar-refractivity contribution in [3.05, 3.63) is 47.3 Å². The molecule has 0 aliphatic carbocycles. The normalized spacial score (nSPS) is 11.9. The number of rotatable bonds is 12. The first-order valence-electron chi connectivity index (χ1n) is 10.9. The molecule has 0 saturated heterocycles. The van der Waals surface area contributed by atoms with Gasteiger partial charge in [-0.25, -0.2) is 9.97 Å². The zero-order chi connectivity index (χ0) is 21.1. The Hall–Kier alpha value is -2.43. The molecule has 0 radical (unpaired) electrons. The third-order valence-corrected chi connectivity index (χ3v) is 5.01. The first kappa shape index (κ1) is 22.9. The third-order valence-electron chi connectivity index (χ3n) is 5.01. The predicted molar refractivity (Wildman–Crippen MR) is 118 cm³/mol. The Labute approximate surface area is 175 Å². The summed E-state index contributed by atoms with van der Waals surface area (Å²) < 4.78 is 5.55. The summed E-state index contributed by atoms with van der Waals surface area (Å²) in [6.07, 6.45) is 7.96. The van der Waals surface area contributed by atoms with Gasteiger partial charge in [0.15, 0.2) is 5.75 Å². The molecule has 0 saturated carbocycles. The van der Waals surface area contributed by atoms with Crippen molar-refractivity contribution in [2.45, 2.75) is 85.1 Å². The standard InChI is InChI=1S/C24H35N3O2/c1-5-7-10-16-21(20-14-12-9-13-15-20)27-24-25-18(3)23(19(4)26-24)29-22(28)17-11-8-6-2/h9,12-15,21H,5-8,10-11,16-17H2,1-4H3,(H,25,26,27). The van der Waals surface area contributed by atoms with Crippen LogP contribution in [0.5, 0.6) is 5.75 Å². The van der Waals surface area contributed by atoms with Crippen molar-refractivity contribution in [3.8, 4) is 5.75 Å². The Bertz CT molecular complexity index is 739. The van der Waals surface area contributed by atoms with Crippen LogP contribution in [0.1, 0.15) is 88.2 Å². The molecule has 0 aliphatic rings. The van der Waals surface area contributed by atoms with Crippen LogP contribution >= 0.6 is 0 Å². The number of unbranched alkanes of at least 4 members (excludes halogenated alkanes) is 4. The molecule has 1 atom stereocenters. The molecule has 0 fully saturated rings. The van der Waals surface area contributed by atoms with E-state index >= 15 is 0 Å². The smallest absolute Gasteiger partial charge is 0.311 e. The first-order valence-corrected chi connectivity index (χ1v) is 10.9. The van der Waals surface area contributed by atoms with Crippen LogP contribution in [0.25, 0.3) is 0 Å². The molecule has 1 aromatic heterocycles. The second-order valence-electron chi connectivity index (χ2n) is 7.58. The lowest BCUT2D eigenvalue weighted by atomic mass is 10.0. The maximum atomic E-state index is 12.1. The van der Waals surface area contributed by atoms with Crippen molar-refractivity contribution in [1.29, 1.82) is 0 Å². The zero-order valence-electron chi connectivity index (χ0n) is 18.3. The fourth-order valence-corrected chi connectivity index (χ4v) is 3.36. The Morgan fingerprint density at radius 1 is 0.966 bits per heavy atom.